The first-order valence-corrected chi connectivity index (χ1v) is 21.0. The number of carboxylic acids is 1. The third kappa shape index (κ3) is 37.4. The number of carboxylic acid groups (broad SMARTS) is 1. The Balaban J connectivity index is 3.65. The van der Waals surface area contributed by atoms with E-state index in [1.54, 1.807) is 0 Å². The molecule has 0 saturated carbocycles. The van der Waals surface area contributed by atoms with Crippen molar-refractivity contribution in [2.24, 2.45) is 0 Å². The second-order valence-corrected chi connectivity index (χ2v) is 14.5. The molecule has 0 aliphatic heterocycles. The average molecular weight is 651 g/mol. The predicted octanol–water partition coefficient (Wildman–Crippen LogP) is 14.5. The maximum atomic E-state index is 12.5. The van der Waals surface area contributed by atoms with E-state index in [4.69, 9.17) is 9.84 Å². The standard InChI is InChI=1S/C42H82O4/c1-3-5-7-9-11-13-15-17-19-20-21-23-24-26-28-30-32-34-36-40(38-39-41(43)44)46-42(45)37-35-33-31-29-27-25-22-18-16-14-12-10-8-6-4-2/h40H,3-39H2,1-2H3,(H,43,44). The molecule has 0 aliphatic rings. The lowest BCUT2D eigenvalue weighted by Crippen LogP contribution is -2.19. The number of carbonyl (C=O) groups excluding carboxylic acids is 1. The highest BCUT2D eigenvalue weighted by molar-refractivity contribution is 5.69. The molecule has 0 aromatic heterocycles. The van der Waals surface area contributed by atoms with Crippen molar-refractivity contribution in [3.63, 3.8) is 0 Å². The highest BCUT2D eigenvalue weighted by Crippen LogP contribution is 2.18. The normalized spacial score (nSPS) is 12.0. The number of unbranched alkanes of at least 4 members (excludes halogenated alkanes) is 31. The van der Waals surface area contributed by atoms with Crippen molar-refractivity contribution < 1.29 is 19.4 Å². The molecule has 4 nitrogen and oxygen atoms in total. The number of carbonyl (C=O) groups is 2. The van der Waals surface area contributed by atoms with Crippen molar-refractivity contribution >= 4 is 11.9 Å². The minimum atomic E-state index is -0.804. The molecule has 1 N–H and O–H groups in total. The Morgan fingerprint density at radius 1 is 0.391 bits per heavy atom. The number of ether oxygens (including phenoxy) is 1. The summed E-state index contributed by atoms with van der Waals surface area (Å²) in [6.07, 6.45) is 45.6. The van der Waals surface area contributed by atoms with Gasteiger partial charge in [-0.1, -0.05) is 213 Å². The first-order chi connectivity index (χ1) is 22.6. The van der Waals surface area contributed by atoms with Crippen LogP contribution in [0.5, 0.6) is 0 Å². The summed E-state index contributed by atoms with van der Waals surface area (Å²) in [6, 6.07) is 0. The van der Waals surface area contributed by atoms with E-state index in [9.17, 15) is 9.59 Å². The summed E-state index contributed by atoms with van der Waals surface area (Å²) in [4.78, 5) is 23.6. The summed E-state index contributed by atoms with van der Waals surface area (Å²) in [6.45, 7) is 4.56. The second-order valence-electron chi connectivity index (χ2n) is 14.5. The Kier molecular flexibility index (Phi) is 37.5. The molecule has 1 atom stereocenters. The van der Waals surface area contributed by atoms with Crippen LogP contribution in [-0.2, 0) is 14.3 Å². The van der Waals surface area contributed by atoms with Crippen LogP contribution >= 0.6 is 0 Å². The highest BCUT2D eigenvalue weighted by atomic mass is 16.5. The summed E-state index contributed by atoms with van der Waals surface area (Å²) in [5.41, 5.74) is 0. The zero-order valence-electron chi connectivity index (χ0n) is 31.4. The van der Waals surface area contributed by atoms with Crippen LogP contribution in [-0.4, -0.2) is 23.1 Å². The molecule has 0 spiro atoms. The molecule has 274 valence electrons. The fourth-order valence-electron chi connectivity index (χ4n) is 6.71. The van der Waals surface area contributed by atoms with Crippen LogP contribution in [0.25, 0.3) is 0 Å². The van der Waals surface area contributed by atoms with Gasteiger partial charge in [-0.3, -0.25) is 9.59 Å². The molecule has 46 heavy (non-hydrogen) atoms. The van der Waals surface area contributed by atoms with Crippen LogP contribution in [0.3, 0.4) is 0 Å². The first-order valence-electron chi connectivity index (χ1n) is 21.0. The largest absolute Gasteiger partial charge is 0.481 e. The van der Waals surface area contributed by atoms with E-state index < -0.39 is 5.97 Å². The first kappa shape index (κ1) is 44.9. The average Bonchev–Trinajstić information content (AvgIpc) is 3.04. The number of aliphatic carboxylic acids is 1. The van der Waals surface area contributed by atoms with Crippen molar-refractivity contribution in [2.75, 3.05) is 0 Å². The number of esters is 1. The van der Waals surface area contributed by atoms with Crippen LogP contribution in [0.1, 0.15) is 251 Å². The molecule has 4 heteroatoms. The van der Waals surface area contributed by atoms with Gasteiger partial charge >= 0.3 is 11.9 Å². The molecular formula is C42H82O4. The lowest BCUT2D eigenvalue weighted by atomic mass is 10.0. The van der Waals surface area contributed by atoms with Gasteiger partial charge in [0.05, 0.1) is 0 Å². The van der Waals surface area contributed by atoms with E-state index in [1.807, 2.05) is 0 Å². The van der Waals surface area contributed by atoms with Crippen molar-refractivity contribution in [2.45, 2.75) is 258 Å². The third-order valence-corrected chi connectivity index (χ3v) is 9.84. The van der Waals surface area contributed by atoms with Crippen molar-refractivity contribution in [3.8, 4) is 0 Å². The van der Waals surface area contributed by atoms with E-state index in [0.717, 1.165) is 32.1 Å². The Morgan fingerprint density at radius 3 is 0.978 bits per heavy atom. The van der Waals surface area contributed by atoms with Gasteiger partial charge in [-0.25, -0.2) is 0 Å². The highest BCUT2D eigenvalue weighted by Gasteiger charge is 2.16. The number of hydrogen-bond donors (Lipinski definition) is 1. The quantitative estimate of drug-likeness (QED) is 0.0531. The van der Waals surface area contributed by atoms with Crippen LogP contribution in [0.4, 0.5) is 0 Å². The lowest BCUT2D eigenvalue weighted by Gasteiger charge is -2.17. The van der Waals surface area contributed by atoms with Gasteiger partial charge in [0.15, 0.2) is 0 Å². The lowest BCUT2D eigenvalue weighted by molar-refractivity contribution is -0.151. The van der Waals surface area contributed by atoms with Crippen LogP contribution in [0.15, 0.2) is 0 Å². The summed E-state index contributed by atoms with van der Waals surface area (Å²) in [5.74, 6) is -0.936. The van der Waals surface area contributed by atoms with Gasteiger partial charge in [-0.05, 0) is 25.7 Å². The second kappa shape index (κ2) is 38.4. The predicted molar refractivity (Wildman–Crippen MR) is 200 cm³/mol. The molecule has 0 heterocycles. The molecule has 0 amide bonds. The van der Waals surface area contributed by atoms with Gasteiger partial charge in [0.1, 0.15) is 6.10 Å². The SMILES string of the molecule is CCCCCCCCCCCCCCCCCCCCC(CCC(=O)O)OC(=O)CCCCCCCCCCCCCCCCC. The van der Waals surface area contributed by atoms with Crippen LogP contribution in [0.2, 0.25) is 0 Å². The van der Waals surface area contributed by atoms with E-state index in [0.29, 0.717) is 12.8 Å². The van der Waals surface area contributed by atoms with Crippen molar-refractivity contribution in [1.82, 2.24) is 0 Å². The molecule has 0 saturated heterocycles. The Bertz CT molecular complexity index is 619. The molecular weight excluding hydrogens is 568 g/mol. The number of rotatable bonds is 39. The van der Waals surface area contributed by atoms with E-state index >= 15 is 0 Å². The summed E-state index contributed by atoms with van der Waals surface area (Å²) in [7, 11) is 0. The molecule has 0 aromatic rings. The van der Waals surface area contributed by atoms with E-state index in [1.165, 1.54) is 186 Å². The van der Waals surface area contributed by atoms with Crippen molar-refractivity contribution in [1.29, 1.82) is 0 Å². The minimum Gasteiger partial charge on any atom is -0.481 e. The Hall–Kier alpha value is -1.06. The molecule has 0 fully saturated rings. The van der Waals surface area contributed by atoms with Crippen LogP contribution < -0.4 is 0 Å². The minimum absolute atomic E-state index is 0.0793. The zero-order chi connectivity index (χ0) is 33.6. The molecule has 0 radical (unpaired) electrons. The zero-order valence-corrected chi connectivity index (χ0v) is 31.4. The van der Waals surface area contributed by atoms with Gasteiger partial charge in [0.2, 0.25) is 0 Å². The maximum Gasteiger partial charge on any atom is 0.306 e. The molecule has 0 bridgehead atoms. The smallest absolute Gasteiger partial charge is 0.306 e. The Morgan fingerprint density at radius 2 is 0.674 bits per heavy atom. The summed E-state index contributed by atoms with van der Waals surface area (Å²) in [5, 5.41) is 9.14. The monoisotopic (exact) mass is 651 g/mol. The summed E-state index contributed by atoms with van der Waals surface area (Å²) < 4.78 is 5.75. The van der Waals surface area contributed by atoms with Gasteiger partial charge in [0.25, 0.3) is 0 Å². The molecule has 0 rings (SSSR count). The van der Waals surface area contributed by atoms with E-state index in [-0.39, 0.29) is 18.5 Å². The van der Waals surface area contributed by atoms with Gasteiger partial charge in [0, 0.05) is 12.8 Å². The Labute approximate surface area is 288 Å². The number of hydrogen-bond acceptors (Lipinski definition) is 3. The topological polar surface area (TPSA) is 63.6 Å². The fourth-order valence-corrected chi connectivity index (χ4v) is 6.71. The third-order valence-electron chi connectivity index (χ3n) is 9.84. The van der Waals surface area contributed by atoms with Gasteiger partial charge in [-0.15, -0.1) is 0 Å². The van der Waals surface area contributed by atoms with Crippen LogP contribution in [0, 0.1) is 0 Å². The maximum absolute atomic E-state index is 12.5. The van der Waals surface area contributed by atoms with Crippen molar-refractivity contribution in [3.05, 3.63) is 0 Å². The van der Waals surface area contributed by atoms with Gasteiger partial charge in [-0.2, -0.15) is 0 Å². The summed E-state index contributed by atoms with van der Waals surface area (Å²) >= 11 is 0. The fraction of sp³-hybridized carbons (Fsp3) is 0.952. The molecule has 0 aromatic carbocycles. The molecule has 1 unspecified atom stereocenters. The van der Waals surface area contributed by atoms with E-state index in [2.05, 4.69) is 13.8 Å². The van der Waals surface area contributed by atoms with Gasteiger partial charge < -0.3 is 9.84 Å². The molecule has 0 aliphatic carbocycles.